The lowest BCUT2D eigenvalue weighted by atomic mass is 9.94. The lowest BCUT2D eigenvalue weighted by Gasteiger charge is -2.22. The highest BCUT2D eigenvalue weighted by Gasteiger charge is 2.31. The van der Waals surface area contributed by atoms with Crippen molar-refractivity contribution in [3.8, 4) is 0 Å². The van der Waals surface area contributed by atoms with Gasteiger partial charge < -0.3 is 22.6 Å². The molecular formula is C17H27ClN2O. The highest BCUT2D eigenvalue weighted by atomic mass is 35.5. The summed E-state index contributed by atoms with van der Waals surface area (Å²) in [6, 6.07) is 2.20. The number of hydrogen-bond donors (Lipinski definition) is 2. The van der Waals surface area contributed by atoms with Gasteiger partial charge in [0.15, 0.2) is 5.69 Å². The molecule has 0 saturated heterocycles. The van der Waals surface area contributed by atoms with E-state index in [0.717, 1.165) is 25.2 Å². The van der Waals surface area contributed by atoms with Crippen molar-refractivity contribution in [1.29, 1.82) is 0 Å². The molecule has 1 atom stereocenters. The number of quaternary nitrogens is 1. The number of benzene rings is 1. The molecular weight excluding hydrogens is 284 g/mol. The largest absolute Gasteiger partial charge is 1.00 e. The van der Waals surface area contributed by atoms with Gasteiger partial charge in [-0.1, -0.05) is 26.8 Å². The molecule has 1 aliphatic rings. The number of carbonyl (C=O) groups excluding carboxylic acids is 1. The van der Waals surface area contributed by atoms with Crippen LogP contribution in [-0.4, -0.2) is 19.0 Å². The minimum Gasteiger partial charge on any atom is -1.00 e. The Hall–Kier alpha value is -1.06. The third kappa shape index (κ3) is 3.41. The van der Waals surface area contributed by atoms with E-state index in [9.17, 15) is 4.79 Å². The van der Waals surface area contributed by atoms with E-state index in [4.69, 9.17) is 0 Å². The summed E-state index contributed by atoms with van der Waals surface area (Å²) in [7, 11) is 0. The van der Waals surface area contributed by atoms with E-state index in [2.05, 4.69) is 32.2 Å². The second-order valence-electron chi connectivity index (χ2n) is 6.90. The van der Waals surface area contributed by atoms with Crippen molar-refractivity contribution in [2.24, 2.45) is 5.41 Å². The lowest BCUT2D eigenvalue weighted by molar-refractivity contribution is -0.823. The van der Waals surface area contributed by atoms with Crippen LogP contribution in [0.15, 0.2) is 6.07 Å². The van der Waals surface area contributed by atoms with Crippen LogP contribution < -0.4 is 22.6 Å². The van der Waals surface area contributed by atoms with Crippen molar-refractivity contribution in [3.05, 3.63) is 22.8 Å². The maximum absolute atomic E-state index is 12.3. The Labute approximate surface area is 134 Å². The number of hydrogen-bond acceptors (Lipinski definition) is 1. The van der Waals surface area contributed by atoms with Crippen molar-refractivity contribution < 1.29 is 22.1 Å². The standard InChI is InChI=1S/C17H26N2O.ClH/c1-7-19-9-8-13-11(2)10-12(3)14(15(13)19)18-16(20)17(4,5)6;/h10H,7-9H2,1-6H3,(H,18,20);1H. The molecule has 0 radical (unpaired) electrons. The minimum absolute atomic E-state index is 0. The molecule has 0 aliphatic carbocycles. The number of aryl methyl sites for hydroxylation is 2. The smallest absolute Gasteiger partial charge is 0.229 e. The first-order chi connectivity index (χ1) is 9.25. The molecule has 1 aromatic carbocycles. The maximum Gasteiger partial charge on any atom is 0.229 e. The summed E-state index contributed by atoms with van der Waals surface area (Å²) in [5.41, 5.74) is 5.95. The Bertz CT molecular complexity index is 547. The van der Waals surface area contributed by atoms with Crippen LogP contribution in [0.1, 0.15) is 44.4 Å². The average Bonchev–Trinajstić information content (AvgIpc) is 2.76. The van der Waals surface area contributed by atoms with Gasteiger partial charge in [0.2, 0.25) is 5.91 Å². The zero-order valence-corrected chi connectivity index (χ0v) is 14.7. The molecule has 1 amide bonds. The highest BCUT2D eigenvalue weighted by Crippen LogP contribution is 2.33. The molecule has 1 unspecified atom stereocenters. The van der Waals surface area contributed by atoms with E-state index >= 15 is 0 Å². The number of amides is 1. The SMILES string of the molecule is CC[NH+]1CCc2c(C)cc(C)c(NC(=O)C(C)(C)C)c21.[Cl-]. The van der Waals surface area contributed by atoms with Crippen molar-refractivity contribution in [2.45, 2.75) is 48.0 Å². The van der Waals surface area contributed by atoms with Gasteiger partial charge in [-0.25, -0.2) is 0 Å². The van der Waals surface area contributed by atoms with Crippen molar-refractivity contribution >= 4 is 17.3 Å². The number of rotatable bonds is 2. The zero-order chi connectivity index (χ0) is 15.1. The summed E-state index contributed by atoms with van der Waals surface area (Å²) in [5, 5.41) is 3.18. The van der Waals surface area contributed by atoms with Gasteiger partial charge in [0, 0.05) is 17.4 Å². The number of likely N-dealkylation sites (N-methyl/N-ethyl adjacent to an activating group) is 1. The first kappa shape index (κ1) is 18.0. The maximum atomic E-state index is 12.3. The average molecular weight is 311 g/mol. The summed E-state index contributed by atoms with van der Waals surface area (Å²) >= 11 is 0. The summed E-state index contributed by atoms with van der Waals surface area (Å²) in [5.74, 6) is 0.0917. The molecule has 0 spiro atoms. The fraction of sp³-hybridized carbons (Fsp3) is 0.588. The monoisotopic (exact) mass is 310 g/mol. The van der Waals surface area contributed by atoms with Crippen molar-refractivity contribution in [1.82, 2.24) is 0 Å². The second-order valence-corrected chi connectivity index (χ2v) is 6.90. The molecule has 1 aliphatic heterocycles. The summed E-state index contributed by atoms with van der Waals surface area (Å²) in [6.45, 7) is 14.5. The Morgan fingerprint density at radius 1 is 1.29 bits per heavy atom. The van der Waals surface area contributed by atoms with Crippen LogP contribution in [0.2, 0.25) is 0 Å². The number of fused-ring (bicyclic) bond motifs is 1. The van der Waals surface area contributed by atoms with Gasteiger partial charge in [-0.3, -0.25) is 4.79 Å². The third-order valence-corrected chi connectivity index (χ3v) is 4.23. The van der Waals surface area contributed by atoms with E-state index in [0.29, 0.717) is 0 Å². The molecule has 118 valence electrons. The molecule has 4 heteroatoms. The Balaban J connectivity index is 0.00000220. The van der Waals surface area contributed by atoms with Crippen LogP contribution in [-0.2, 0) is 11.2 Å². The fourth-order valence-corrected chi connectivity index (χ4v) is 2.96. The molecule has 2 rings (SSSR count). The Kier molecular flexibility index (Phi) is 5.46. The van der Waals surface area contributed by atoms with Crippen molar-refractivity contribution in [3.63, 3.8) is 0 Å². The van der Waals surface area contributed by atoms with Crippen LogP contribution >= 0.6 is 0 Å². The summed E-state index contributed by atoms with van der Waals surface area (Å²) < 4.78 is 0. The lowest BCUT2D eigenvalue weighted by Crippen LogP contribution is -3.05. The van der Waals surface area contributed by atoms with Crippen molar-refractivity contribution in [2.75, 3.05) is 18.4 Å². The molecule has 2 N–H and O–H groups in total. The van der Waals surface area contributed by atoms with Gasteiger partial charge in [0.25, 0.3) is 0 Å². The molecule has 1 aromatic rings. The van der Waals surface area contributed by atoms with E-state index < -0.39 is 0 Å². The first-order valence-corrected chi connectivity index (χ1v) is 7.55. The van der Waals surface area contributed by atoms with Crippen LogP contribution in [0, 0.1) is 19.3 Å². The van der Waals surface area contributed by atoms with Gasteiger partial charge in [-0.05, 0) is 31.9 Å². The first-order valence-electron chi connectivity index (χ1n) is 7.55. The summed E-state index contributed by atoms with van der Waals surface area (Å²) in [4.78, 5) is 13.8. The normalized spacial score (nSPS) is 17.1. The van der Waals surface area contributed by atoms with Gasteiger partial charge in [0.05, 0.1) is 13.1 Å². The predicted octanol–water partition coefficient (Wildman–Crippen LogP) is -0.616. The number of anilines is 1. The quantitative estimate of drug-likeness (QED) is 0.750. The highest BCUT2D eigenvalue weighted by molar-refractivity contribution is 5.97. The molecule has 0 saturated carbocycles. The van der Waals surface area contributed by atoms with Gasteiger partial charge in [0.1, 0.15) is 5.69 Å². The predicted molar refractivity (Wildman–Crippen MR) is 83.7 cm³/mol. The number of nitrogens with one attached hydrogen (secondary N) is 2. The molecule has 0 aromatic heterocycles. The van der Waals surface area contributed by atoms with Gasteiger partial charge >= 0.3 is 0 Å². The van der Waals surface area contributed by atoms with Crippen LogP contribution in [0.25, 0.3) is 0 Å². The topological polar surface area (TPSA) is 33.5 Å². The van der Waals surface area contributed by atoms with E-state index in [-0.39, 0.29) is 23.7 Å². The number of carbonyl (C=O) groups is 1. The second kappa shape index (κ2) is 6.37. The Morgan fingerprint density at radius 2 is 1.90 bits per heavy atom. The molecule has 21 heavy (non-hydrogen) atoms. The Morgan fingerprint density at radius 3 is 2.43 bits per heavy atom. The van der Waals surface area contributed by atoms with E-state index in [1.54, 1.807) is 0 Å². The molecule has 3 nitrogen and oxygen atoms in total. The van der Waals surface area contributed by atoms with Crippen LogP contribution in [0.3, 0.4) is 0 Å². The summed E-state index contributed by atoms with van der Waals surface area (Å²) in [6.07, 6.45) is 1.11. The van der Waals surface area contributed by atoms with Crippen LogP contribution in [0.5, 0.6) is 0 Å². The van der Waals surface area contributed by atoms with E-state index in [1.165, 1.54) is 27.3 Å². The molecule has 0 bridgehead atoms. The molecule has 0 fully saturated rings. The number of halogens is 1. The minimum atomic E-state index is -0.366. The van der Waals surface area contributed by atoms with Gasteiger partial charge in [-0.15, -0.1) is 0 Å². The van der Waals surface area contributed by atoms with Gasteiger partial charge in [-0.2, -0.15) is 0 Å². The van der Waals surface area contributed by atoms with E-state index in [1.807, 2.05) is 20.8 Å². The molecule has 1 heterocycles. The third-order valence-electron chi connectivity index (χ3n) is 4.23. The fourth-order valence-electron chi connectivity index (χ4n) is 2.96. The zero-order valence-electron chi connectivity index (χ0n) is 14.0. The van der Waals surface area contributed by atoms with Crippen LogP contribution in [0.4, 0.5) is 11.4 Å².